The van der Waals surface area contributed by atoms with Crippen LogP contribution in [0.2, 0.25) is 0 Å². The Morgan fingerprint density at radius 1 is 1.55 bits per heavy atom. The van der Waals surface area contributed by atoms with Gasteiger partial charge in [-0.05, 0) is 18.8 Å². The highest BCUT2D eigenvalue weighted by Gasteiger charge is 2.26. The zero-order valence-corrected chi connectivity index (χ0v) is 11.4. The molecule has 1 amide bonds. The van der Waals surface area contributed by atoms with Crippen LogP contribution in [0.15, 0.2) is 12.3 Å². The van der Waals surface area contributed by atoms with Crippen molar-refractivity contribution in [3.63, 3.8) is 0 Å². The Hall–Kier alpha value is -1.89. The molecule has 1 atom stereocenters. The average Bonchev–Trinajstić information content (AvgIpc) is 2.85. The third-order valence-corrected chi connectivity index (χ3v) is 3.58. The molecular weight excluding hydrogens is 262 g/mol. The van der Waals surface area contributed by atoms with Gasteiger partial charge in [0.2, 0.25) is 5.91 Å². The van der Waals surface area contributed by atoms with E-state index < -0.39 is 5.97 Å². The summed E-state index contributed by atoms with van der Waals surface area (Å²) in [7, 11) is 0. The number of anilines is 1. The van der Waals surface area contributed by atoms with Crippen LogP contribution >= 0.6 is 0 Å². The Balaban J connectivity index is 1.89. The molecule has 0 unspecified atom stereocenters. The first-order valence-corrected chi connectivity index (χ1v) is 6.70. The molecule has 0 spiro atoms. The van der Waals surface area contributed by atoms with E-state index in [1.807, 2.05) is 6.92 Å². The molecule has 0 saturated carbocycles. The highest BCUT2D eigenvalue weighted by molar-refractivity contribution is 5.91. The van der Waals surface area contributed by atoms with E-state index in [0.29, 0.717) is 24.9 Å². The summed E-state index contributed by atoms with van der Waals surface area (Å²) < 4.78 is 6.56. The number of amides is 1. The van der Waals surface area contributed by atoms with Gasteiger partial charge in [0.25, 0.3) is 0 Å². The third-order valence-electron chi connectivity index (χ3n) is 3.58. The van der Waals surface area contributed by atoms with Crippen LogP contribution < -0.4 is 5.32 Å². The minimum atomic E-state index is -0.971. The zero-order valence-electron chi connectivity index (χ0n) is 11.4. The molecule has 1 fully saturated rings. The van der Waals surface area contributed by atoms with Gasteiger partial charge in [-0.25, -0.2) is 0 Å². The second kappa shape index (κ2) is 6.51. The fraction of sp³-hybridized carbons (Fsp3) is 0.615. The maximum atomic E-state index is 12.1. The molecule has 0 aliphatic carbocycles. The van der Waals surface area contributed by atoms with Gasteiger partial charge in [0.05, 0.1) is 0 Å². The van der Waals surface area contributed by atoms with E-state index in [4.69, 9.17) is 9.84 Å². The summed E-state index contributed by atoms with van der Waals surface area (Å²) in [6.45, 7) is 3.09. The molecule has 1 aromatic heterocycles. The van der Waals surface area contributed by atoms with Gasteiger partial charge in [-0.15, -0.1) is 0 Å². The molecule has 110 valence electrons. The van der Waals surface area contributed by atoms with Gasteiger partial charge in [0.1, 0.15) is 6.54 Å². The predicted molar refractivity (Wildman–Crippen MR) is 71.2 cm³/mol. The first-order valence-electron chi connectivity index (χ1n) is 6.70. The van der Waals surface area contributed by atoms with Crippen molar-refractivity contribution in [3.05, 3.63) is 12.3 Å². The van der Waals surface area contributed by atoms with Crippen LogP contribution in [0.5, 0.6) is 0 Å². The number of carboxylic acids is 1. The fourth-order valence-corrected chi connectivity index (χ4v) is 2.32. The Kier molecular flexibility index (Phi) is 4.73. The molecule has 0 bridgehead atoms. The molecule has 7 heteroatoms. The number of rotatable bonds is 5. The minimum Gasteiger partial charge on any atom is -0.480 e. The van der Waals surface area contributed by atoms with Crippen molar-refractivity contribution < 1.29 is 19.4 Å². The number of hydrogen-bond donors (Lipinski definition) is 2. The first-order chi connectivity index (χ1) is 9.56. The molecule has 1 saturated heterocycles. The van der Waals surface area contributed by atoms with Crippen molar-refractivity contribution in [2.75, 3.05) is 18.5 Å². The molecule has 2 N–H and O–H groups in total. The van der Waals surface area contributed by atoms with Crippen molar-refractivity contribution >= 4 is 17.7 Å². The van der Waals surface area contributed by atoms with Crippen molar-refractivity contribution in [3.8, 4) is 0 Å². The van der Waals surface area contributed by atoms with E-state index in [0.717, 1.165) is 12.8 Å². The summed E-state index contributed by atoms with van der Waals surface area (Å²) in [6, 6.07) is 1.59. The van der Waals surface area contributed by atoms with Gasteiger partial charge in [0.15, 0.2) is 5.82 Å². The zero-order chi connectivity index (χ0) is 14.5. The highest BCUT2D eigenvalue weighted by atomic mass is 16.5. The second-order valence-electron chi connectivity index (χ2n) is 5.02. The number of carbonyl (C=O) groups excluding carboxylic acids is 1. The third kappa shape index (κ3) is 3.80. The number of carbonyl (C=O) groups is 2. The normalized spacial score (nSPS) is 17.6. The molecule has 1 aliphatic heterocycles. The van der Waals surface area contributed by atoms with E-state index in [-0.39, 0.29) is 18.4 Å². The Morgan fingerprint density at radius 3 is 2.90 bits per heavy atom. The molecule has 2 rings (SSSR count). The lowest BCUT2D eigenvalue weighted by atomic mass is 9.87. The second-order valence-corrected chi connectivity index (χ2v) is 5.02. The van der Waals surface area contributed by atoms with Crippen LogP contribution in [-0.2, 0) is 20.9 Å². The molecule has 7 nitrogen and oxygen atoms in total. The molecule has 0 radical (unpaired) electrons. The summed E-state index contributed by atoms with van der Waals surface area (Å²) in [5, 5.41) is 15.4. The van der Waals surface area contributed by atoms with Gasteiger partial charge in [-0.3, -0.25) is 14.3 Å². The van der Waals surface area contributed by atoms with Crippen LogP contribution in [0.3, 0.4) is 0 Å². The average molecular weight is 281 g/mol. The number of nitrogens with zero attached hydrogens (tertiary/aromatic N) is 2. The number of nitrogens with one attached hydrogen (secondary N) is 1. The van der Waals surface area contributed by atoms with Crippen LogP contribution in [0.4, 0.5) is 5.82 Å². The molecule has 1 aromatic rings. The monoisotopic (exact) mass is 281 g/mol. The number of carboxylic acid groups (broad SMARTS) is 1. The highest BCUT2D eigenvalue weighted by Crippen LogP contribution is 2.24. The lowest BCUT2D eigenvalue weighted by Gasteiger charge is -2.26. The van der Waals surface area contributed by atoms with E-state index in [1.165, 1.54) is 10.9 Å². The number of aromatic nitrogens is 2. The van der Waals surface area contributed by atoms with Gasteiger partial charge in [0, 0.05) is 31.4 Å². The topological polar surface area (TPSA) is 93.5 Å². The Labute approximate surface area is 116 Å². The van der Waals surface area contributed by atoms with Crippen LogP contribution in [0.25, 0.3) is 0 Å². The Morgan fingerprint density at radius 2 is 2.25 bits per heavy atom. The van der Waals surface area contributed by atoms with Gasteiger partial charge < -0.3 is 15.2 Å². The number of hydrogen-bond acceptors (Lipinski definition) is 4. The van der Waals surface area contributed by atoms with Gasteiger partial charge in [-0.2, -0.15) is 5.10 Å². The molecule has 2 heterocycles. The van der Waals surface area contributed by atoms with E-state index in [2.05, 4.69) is 10.4 Å². The molecule has 20 heavy (non-hydrogen) atoms. The van der Waals surface area contributed by atoms with Crippen LogP contribution in [0, 0.1) is 11.8 Å². The summed E-state index contributed by atoms with van der Waals surface area (Å²) in [4.78, 5) is 22.7. The van der Waals surface area contributed by atoms with E-state index >= 15 is 0 Å². The first kappa shape index (κ1) is 14.5. The summed E-state index contributed by atoms with van der Waals surface area (Å²) in [5.74, 6) is -0.456. The number of ether oxygens (including phenoxy) is 1. The lowest BCUT2D eigenvalue weighted by molar-refractivity contribution is -0.137. The largest absolute Gasteiger partial charge is 0.480 e. The van der Waals surface area contributed by atoms with Crippen molar-refractivity contribution in [2.24, 2.45) is 11.8 Å². The summed E-state index contributed by atoms with van der Waals surface area (Å²) in [5.41, 5.74) is 0. The predicted octanol–water partition coefficient (Wildman–Crippen LogP) is 0.969. The summed E-state index contributed by atoms with van der Waals surface area (Å²) >= 11 is 0. The fourth-order valence-electron chi connectivity index (χ4n) is 2.32. The maximum Gasteiger partial charge on any atom is 0.325 e. The quantitative estimate of drug-likeness (QED) is 0.838. The molecule has 1 aliphatic rings. The van der Waals surface area contributed by atoms with Crippen molar-refractivity contribution in [1.29, 1.82) is 0 Å². The Bertz CT molecular complexity index is 480. The van der Waals surface area contributed by atoms with Crippen molar-refractivity contribution in [2.45, 2.75) is 26.3 Å². The standard InChI is InChI=1S/C13H19N3O4/c1-9(10-3-6-20-7-4-10)13(19)14-11-2-5-16(15-11)8-12(17)18/h2,5,9-10H,3-4,6-8H2,1H3,(H,17,18)(H,14,15,19)/t9-/m1/s1. The van der Waals surface area contributed by atoms with Gasteiger partial charge in [-0.1, -0.05) is 6.92 Å². The van der Waals surface area contributed by atoms with Crippen LogP contribution in [0.1, 0.15) is 19.8 Å². The summed E-state index contributed by atoms with van der Waals surface area (Å²) in [6.07, 6.45) is 3.31. The van der Waals surface area contributed by atoms with Crippen molar-refractivity contribution in [1.82, 2.24) is 9.78 Å². The molecular formula is C13H19N3O4. The maximum absolute atomic E-state index is 12.1. The number of aliphatic carboxylic acids is 1. The van der Waals surface area contributed by atoms with Gasteiger partial charge >= 0.3 is 5.97 Å². The smallest absolute Gasteiger partial charge is 0.325 e. The molecule has 0 aromatic carbocycles. The van der Waals surface area contributed by atoms with E-state index in [1.54, 1.807) is 6.07 Å². The SMILES string of the molecule is C[C@@H](C(=O)Nc1ccn(CC(=O)O)n1)C1CCOCC1. The minimum absolute atomic E-state index is 0.0857. The lowest BCUT2D eigenvalue weighted by Crippen LogP contribution is -2.31. The van der Waals surface area contributed by atoms with Crippen LogP contribution in [-0.4, -0.2) is 40.0 Å². The van der Waals surface area contributed by atoms with E-state index in [9.17, 15) is 9.59 Å².